The van der Waals surface area contributed by atoms with Crippen molar-refractivity contribution < 1.29 is 17.7 Å². The Kier molecular flexibility index (Phi) is 6.49. The molecule has 1 heterocycles. The van der Waals surface area contributed by atoms with E-state index in [2.05, 4.69) is 10.6 Å². The Hall–Kier alpha value is -3.57. The van der Waals surface area contributed by atoms with Crippen molar-refractivity contribution in [2.75, 3.05) is 14.9 Å². The van der Waals surface area contributed by atoms with Gasteiger partial charge in [0.05, 0.1) is 15.5 Å². The fourth-order valence-corrected chi connectivity index (χ4v) is 5.83. The van der Waals surface area contributed by atoms with Crippen molar-refractivity contribution in [1.29, 1.82) is 0 Å². The average molecular weight is 501 g/mol. The average Bonchev–Trinajstić information content (AvgIpc) is 2.79. The number of rotatable bonds is 5. The normalized spacial score (nSPS) is 15.4. The number of benzene rings is 3. The van der Waals surface area contributed by atoms with E-state index in [0.717, 1.165) is 0 Å². The van der Waals surface area contributed by atoms with Gasteiger partial charge in [0.15, 0.2) is 5.11 Å². The molecule has 0 saturated carbocycles. The van der Waals surface area contributed by atoms with E-state index in [0.29, 0.717) is 35.5 Å². The first-order chi connectivity index (χ1) is 16.1. The number of thiocarbonyl (C=S) groups is 1. The molecule has 0 bridgehead atoms. The number of nitro benzene ring substituents is 1. The summed E-state index contributed by atoms with van der Waals surface area (Å²) < 4.78 is 41.9. The molecule has 1 aliphatic heterocycles. The molecule has 11 heteroatoms. The Morgan fingerprint density at radius 1 is 1.09 bits per heavy atom. The molecular weight excluding hydrogens is 479 g/mol. The number of hydrogen-bond acceptors (Lipinski definition) is 5. The van der Waals surface area contributed by atoms with Gasteiger partial charge in [-0.2, -0.15) is 0 Å². The van der Waals surface area contributed by atoms with Crippen LogP contribution in [0.1, 0.15) is 18.9 Å². The van der Waals surface area contributed by atoms with Gasteiger partial charge >= 0.3 is 0 Å². The van der Waals surface area contributed by atoms with Crippen molar-refractivity contribution in [3.63, 3.8) is 0 Å². The highest BCUT2D eigenvalue weighted by atomic mass is 32.2. The highest BCUT2D eigenvalue weighted by Gasteiger charge is 2.34. The molecular formula is C23H21FN4O4S2. The zero-order chi connectivity index (χ0) is 24.5. The van der Waals surface area contributed by atoms with E-state index in [1.165, 1.54) is 52.8 Å². The molecule has 4 rings (SSSR count). The predicted molar refractivity (Wildman–Crippen MR) is 133 cm³/mol. The Morgan fingerprint density at radius 3 is 2.50 bits per heavy atom. The third-order valence-corrected chi connectivity index (χ3v) is 7.64. The van der Waals surface area contributed by atoms with Crippen LogP contribution in [0.25, 0.3) is 0 Å². The van der Waals surface area contributed by atoms with Gasteiger partial charge in [-0.1, -0.05) is 6.07 Å². The van der Waals surface area contributed by atoms with Gasteiger partial charge < -0.3 is 10.6 Å². The first-order valence-electron chi connectivity index (χ1n) is 10.4. The molecule has 34 heavy (non-hydrogen) atoms. The summed E-state index contributed by atoms with van der Waals surface area (Å²) in [6.45, 7) is 1.83. The molecule has 176 valence electrons. The van der Waals surface area contributed by atoms with Crippen LogP contribution in [0.3, 0.4) is 0 Å². The summed E-state index contributed by atoms with van der Waals surface area (Å²) in [6.07, 6.45) is 1.20. The van der Waals surface area contributed by atoms with E-state index in [1.54, 1.807) is 18.2 Å². The van der Waals surface area contributed by atoms with Crippen molar-refractivity contribution >= 4 is 50.1 Å². The predicted octanol–water partition coefficient (Wildman–Crippen LogP) is 5.07. The van der Waals surface area contributed by atoms with Crippen LogP contribution < -0.4 is 14.9 Å². The number of nitrogens with one attached hydrogen (secondary N) is 2. The van der Waals surface area contributed by atoms with E-state index in [4.69, 9.17) is 12.2 Å². The topological polar surface area (TPSA) is 105 Å². The Bertz CT molecular complexity index is 1360. The highest BCUT2D eigenvalue weighted by Crippen LogP contribution is 2.36. The monoisotopic (exact) mass is 500 g/mol. The van der Waals surface area contributed by atoms with Crippen LogP contribution in [0.15, 0.2) is 71.6 Å². The number of sulfonamides is 1. The van der Waals surface area contributed by atoms with Gasteiger partial charge in [0.25, 0.3) is 15.7 Å². The van der Waals surface area contributed by atoms with Gasteiger partial charge in [-0.3, -0.25) is 14.4 Å². The quantitative estimate of drug-likeness (QED) is 0.286. The van der Waals surface area contributed by atoms with E-state index in [1.807, 2.05) is 6.92 Å². The fourth-order valence-electron chi connectivity index (χ4n) is 3.87. The van der Waals surface area contributed by atoms with Crippen LogP contribution in [-0.4, -0.2) is 24.5 Å². The number of anilines is 3. The molecule has 0 radical (unpaired) electrons. The highest BCUT2D eigenvalue weighted by molar-refractivity contribution is 7.92. The van der Waals surface area contributed by atoms with Crippen molar-refractivity contribution in [3.05, 3.63) is 88.2 Å². The zero-order valence-electron chi connectivity index (χ0n) is 18.1. The Balaban J connectivity index is 1.51. The van der Waals surface area contributed by atoms with Crippen LogP contribution in [0.4, 0.5) is 27.1 Å². The van der Waals surface area contributed by atoms with Crippen LogP contribution >= 0.6 is 12.2 Å². The number of non-ortho nitro benzene ring substituents is 1. The van der Waals surface area contributed by atoms with Crippen molar-refractivity contribution in [2.45, 2.75) is 30.7 Å². The SMILES string of the molecule is C[C@@H]1CCc2cc(F)ccc2N1S(=O)(=O)c1ccc(NC(=S)Nc2cccc([N+](=O)[O-])c2)cc1. The molecule has 0 unspecified atom stereocenters. The van der Waals surface area contributed by atoms with Crippen LogP contribution in [0.5, 0.6) is 0 Å². The number of nitro groups is 1. The van der Waals surface area contributed by atoms with Gasteiger partial charge in [-0.25, -0.2) is 12.8 Å². The molecule has 0 spiro atoms. The summed E-state index contributed by atoms with van der Waals surface area (Å²) in [6, 6.07) is 15.9. The minimum atomic E-state index is -3.87. The maximum Gasteiger partial charge on any atom is 0.271 e. The summed E-state index contributed by atoms with van der Waals surface area (Å²) in [5, 5.41) is 16.9. The first-order valence-corrected chi connectivity index (χ1v) is 12.3. The van der Waals surface area contributed by atoms with E-state index >= 15 is 0 Å². The summed E-state index contributed by atoms with van der Waals surface area (Å²) in [5.41, 5.74) is 2.07. The Labute approximate surface area is 201 Å². The standard InChI is InChI=1S/C23H21FN4O4S2/c1-15-5-6-16-13-17(24)7-12-22(16)27(15)34(31,32)21-10-8-18(9-11-21)25-23(33)26-19-3-2-4-20(14-19)28(29)30/h2-4,7-15H,5-6H2,1H3,(H2,25,26,33)/t15-/m1/s1. The second-order valence-electron chi connectivity index (χ2n) is 7.87. The molecule has 3 aromatic carbocycles. The number of nitrogens with zero attached hydrogens (tertiary/aromatic N) is 2. The second-order valence-corrected chi connectivity index (χ2v) is 10.1. The third kappa shape index (κ3) is 4.85. The number of hydrogen-bond donors (Lipinski definition) is 2. The van der Waals surface area contributed by atoms with Crippen LogP contribution in [0, 0.1) is 15.9 Å². The van der Waals surface area contributed by atoms with Gasteiger partial charge in [-0.15, -0.1) is 0 Å². The van der Waals surface area contributed by atoms with Gasteiger partial charge in [-0.05, 0) is 86.1 Å². The number of halogens is 1. The fraction of sp³-hybridized carbons (Fsp3) is 0.174. The summed E-state index contributed by atoms with van der Waals surface area (Å²) >= 11 is 5.26. The van der Waals surface area contributed by atoms with Crippen molar-refractivity contribution in [1.82, 2.24) is 0 Å². The molecule has 2 N–H and O–H groups in total. The first kappa shape index (κ1) is 23.6. The van der Waals surface area contributed by atoms with Gasteiger partial charge in [0.1, 0.15) is 5.82 Å². The van der Waals surface area contributed by atoms with Crippen LogP contribution in [-0.2, 0) is 16.4 Å². The molecule has 0 saturated heterocycles. The number of aryl methyl sites for hydroxylation is 1. The summed E-state index contributed by atoms with van der Waals surface area (Å²) in [7, 11) is -3.87. The molecule has 8 nitrogen and oxygen atoms in total. The minimum Gasteiger partial charge on any atom is -0.332 e. The summed E-state index contributed by atoms with van der Waals surface area (Å²) in [4.78, 5) is 10.5. The molecule has 0 aromatic heterocycles. The smallest absolute Gasteiger partial charge is 0.271 e. The Morgan fingerprint density at radius 2 is 1.79 bits per heavy atom. The largest absolute Gasteiger partial charge is 0.332 e. The maximum absolute atomic E-state index is 13.7. The molecule has 0 fully saturated rings. The lowest BCUT2D eigenvalue weighted by Crippen LogP contribution is -2.42. The van der Waals surface area contributed by atoms with E-state index < -0.39 is 20.8 Å². The number of fused-ring (bicyclic) bond motifs is 1. The van der Waals surface area contributed by atoms with Gasteiger partial charge in [0, 0.05) is 29.5 Å². The molecule has 1 aliphatic rings. The van der Waals surface area contributed by atoms with Crippen molar-refractivity contribution in [3.8, 4) is 0 Å². The van der Waals surface area contributed by atoms with E-state index in [9.17, 15) is 22.9 Å². The molecule has 3 aromatic rings. The third-order valence-electron chi connectivity index (χ3n) is 5.49. The summed E-state index contributed by atoms with van der Waals surface area (Å²) in [5.74, 6) is -0.393. The second kappa shape index (κ2) is 9.35. The molecule has 0 aliphatic carbocycles. The lowest BCUT2D eigenvalue weighted by molar-refractivity contribution is -0.384. The lowest BCUT2D eigenvalue weighted by atomic mass is 9.99. The molecule has 0 amide bonds. The molecule has 1 atom stereocenters. The minimum absolute atomic E-state index is 0.0707. The lowest BCUT2D eigenvalue weighted by Gasteiger charge is -2.36. The van der Waals surface area contributed by atoms with E-state index in [-0.39, 0.29) is 21.7 Å². The van der Waals surface area contributed by atoms with Crippen molar-refractivity contribution in [2.24, 2.45) is 0 Å². The maximum atomic E-state index is 13.7. The van der Waals surface area contributed by atoms with Gasteiger partial charge in [0.2, 0.25) is 0 Å². The van der Waals surface area contributed by atoms with Crippen LogP contribution in [0.2, 0.25) is 0 Å². The zero-order valence-corrected chi connectivity index (χ0v) is 19.7.